The van der Waals surface area contributed by atoms with Gasteiger partial charge in [0.05, 0.1) is 11.7 Å². The second-order valence-corrected chi connectivity index (χ2v) is 6.90. The average Bonchev–Trinajstić information content (AvgIpc) is 2.24. The van der Waals surface area contributed by atoms with E-state index in [1.54, 1.807) is 32.0 Å². The predicted octanol–water partition coefficient (Wildman–Crippen LogP) is -3.25. The smallest absolute Gasteiger partial charge is 0.778 e. The maximum Gasteiger partial charge on any atom is 1.00 e. The summed E-state index contributed by atoms with van der Waals surface area (Å²) in [5.74, 6) is 0. The van der Waals surface area contributed by atoms with Crippen molar-refractivity contribution in [3.63, 3.8) is 0 Å². The molecule has 0 aliphatic heterocycles. The van der Waals surface area contributed by atoms with Crippen molar-refractivity contribution < 1.29 is 43.9 Å². The summed E-state index contributed by atoms with van der Waals surface area (Å²) in [4.78, 5) is 24.8. The third-order valence-electron chi connectivity index (χ3n) is 2.60. The zero-order valence-corrected chi connectivity index (χ0v) is 17.4. The van der Waals surface area contributed by atoms with Gasteiger partial charge in [0, 0.05) is 47.0 Å². The molecule has 0 bridgehead atoms. The number of rotatable bonds is 5. The molecule has 20 heavy (non-hydrogen) atoms. The molecule has 0 saturated heterocycles. The maximum absolute atomic E-state index is 11.4. The first kappa shape index (κ1) is 23.5. The van der Waals surface area contributed by atoms with Gasteiger partial charge in [0.25, 0.3) is 0 Å². The first-order valence-electron chi connectivity index (χ1n) is 5.60. The molecule has 0 aromatic carbocycles. The molecular weight excluding hydrogens is 299 g/mol. The normalized spacial score (nSPS) is 17.1. The van der Waals surface area contributed by atoms with Gasteiger partial charge in [-0.15, -0.1) is 0 Å². The summed E-state index contributed by atoms with van der Waals surface area (Å²) in [6.07, 6.45) is 1.58. The van der Waals surface area contributed by atoms with Crippen LogP contribution in [-0.2, 0) is 4.57 Å². The van der Waals surface area contributed by atoms with E-state index >= 15 is 0 Å². The van der Waals surface area contributed by atoms with Gasteiger partial charge in [-0.3, -0.25) is 4.98 Å². The Morgan fingerprint density at radius 1 is 1.50 bits per heavy atom. The minimum atomic E-state index is -4.59. The van der Waals surface area contributed by atoms with Crippen molar-refractivity contribution in [2.24, 2.45) is 11.5 Å². The third-order valence-corrected chi connectivity index (χ3v) is 3.94. The van der Waals surface area contributed by atoms with Crippen molar-refractivity contribution in [2.45, 2.75) is 37.5 Å². The summed E-state index contributed by atoms with van der Waals surface area (Å²) >= 11 is 0. The molecule has 9 heteroatoms. The van der Waals surface area contributed by atoms with Crippen LogP contribution in [0.4, 0.5) is 0 Å². The number of aromatic nitrogens is 1. The first-order valence-corrected chi connectivity index (χ1v) is 7.25. The van der Waals surface area contributed by atoms with Crippen LogP contribution in [0.1, 0.15) is 32.0 Å². The van der Waals surface area contributed by atoms with E-state index in [-0.39, 0.29) is 65.5 Å². The molecule has 5 N–H and O–H groups in total. The zero-order chi connectivity index (χ0) is 14.0. The van der Waals surface area contributed by atoms with Crippen LogP contribution in [0.15, 0.2) is 24.4 Å². The Labute approximate surface area is 163 Å². The fraction of sp³-hybridized carbons (Fsp3) is 0.545. The molecule has 0 aliphatic rings. The molecule has 0 aliphatic carbocycles. The molecule has 1 aromatic rings. The minimum Gasteiger partial charge on any atom is -0.778 e. The molecule has 0 amide bonds. The summed E-state index contributed by atoms with van der Waals surface area (Å²) in [5, 5.41) is 0. The first-order chi connectivity index (χ1) is 8.11. The molecule has 103 valence electrons. The molecule has 1 radical (unpaired) electrons. The van der Waals surface area contributed by atoms with Crippen molar-refractivity contribution in [1.82, 2.24) is 4.98 Å². The van der Waals surface area contributed by atoms with Gasteiger partial charge in [-0.2, -0.15) is 0 Å². The monoisotopic (exact) mass is 318 g/mol. The molecule has 0 saturated carbocycles. The van der Waals surface area contributed by atoms with Gasteiger partial charge >= 0.3 is 29.6 Å². The van der Waals surface area contributed by atoms with Crippen molar-refractivity contribution in [3.05, 3.63) is 30.1 Å². The van der Waals surface area contributed by atoms with Crippen LogP contribution in [0.5, 0.6) is 0 Å². The van der Waals surface area contributed by atoms with Crippen LogP contribution < -0.4 is 45.9 Å². The van der Waals surface area contributed by atoms with Gasteiger partial charge in [0.2, 0.25) is 0 Å². The van der Waals surface area contributed by atoms with E-state index in [0.717, 1.165) is 0 Å². The van der Waals surface area contributed by atoms with E-state index in [2.05, 4.69) is 4.98 Å². The Balaban J connectivity index is 0. The van der Waals surface area contributed by atoms with Crippen LogP contribution in [0.2, 0.25) is 0 Å². The van der Waals surface area contributed by atoms with Gasteiger partial charge in [-0.05, 0) is 32.4 Å². The Morgan fingerprint density at radius 3 is 2.40 bits per heavy atom. The Bertz CT molecular complexity index is 436. The van der Waals surface area contributed by atoms with Crippen molar-refractivity contribution >= 4 is 37.2 Å². The van der Waals surface area contributed by atoms with Crippen LogP contribution in [0.25, 0.3) is 0 Å². The van der Waals surface area contributed by atoms with Gasteiger partial charge in [-0.25, -0.2) is 0 Å². The van der Waals surface area contributed by atoms with Gasteiger partial charge in [0.15, 0.2) is 0 Å². The van der Waals surface area contributed by atoms with Gasteiger partial charge < -0.3 is 25.8 Å². The van der Waals surface area contributed by atoms with Crippen LogP contribution in [0, 0.1) is 0 Å². The average molecular weight is 318 g/mol. The summed E-state index contributed by atoms with van der Waals surface area (Å²) in [5.41, 5.74) is 10.2. The second kappa shape index (κ2) is 9.38. The Hall–Kier alpha value is 1.22. The van der Waals surface area contributed by atoms with Crippen molar-refractivity contribution in [3.8, 4) is 0 Å². The van der Waals surface area contributed by atoms with Gasteiger partial charge in [-0.1, -0.05) is 6.07 Å². The molecule has 3 unspecified atom stereocenters. The predicted molar refractivity (Wildman–Crippen MR) is 73.4 cm³/mol. The molecule has 1 heterocycles. The molecule has 1 rings (SSSR count). The zero-order valence-electron chi connectivity index (χ0n) is 12.5. The molecular formula is C11H19N3Na2O3P. The topological polar surface area (TPSA) is 125 Å². The van der Waals surface area contributed by atoms with E-state index < -0.39 is 24.8 Å². The third kappa shape index (κ3) is 8.01. The maximum atomic E-state index is 11.4. The Morgan fingerprint density at radius 2 is 2.05 bits per heavy atom. The largest absolute Gasteiger partial charge is 1.00 e. The van der Waals surface area contributed by atoms with Crippen LogP contribution in [-0.4, -0.2) is 50.6 Å². The Kier molecular flexibility index (Phi) is 11.0. The number of nitrogens with two attached hydrogens (primary N) is 2. The van der Waals surface area contributed by atoms with Crippen molar-refractivity contribution in [1.29, 1.82) is 0 Å². The second-order valence-electron chi connectivity index (χ2n) is 5.10. The van der Waals surface area contributed by atoms with E-state index in [1.807, 2.05) is 0 Å². The van der Waals surface area contributed by atoms with E-state index in [1.165, 1.54) is 6.20 Å². The summed E-state index contributed by atoms with van der Waals surface area (Å²) in [7, 11) is -4.59. The van der Waals surface area contributed by atoms with Crippen LogP contribution >= 0.6 is 7.60 Å². The fourth-order valence-electron chi connectivity index (χ4n) is 1.75. The van der Waals surface area contributed by atoms with Crippen molar-refractivity contribution in [2.75, 3.05) is 0 Å². The number of hydrogen-bond donors (Lipinski definition) is 3. The number of pyridine rings is 1. The molecule has 1 aromatic heterocycles. The molecule has 0 spiro atoms. The molecule has 0 fully saturated rings. The molecule has 3 atom stereocenters. The summed E-state index contributed by atoms with van der Waals surface area (Å²) in [6.45, 7) is 3.36. The van der Waals surface area contributed by atoms with Crippen LogP contribution in [0.3, 0.4) is 0 Å². The quantitative estimate of drug-likeness (QED) is 0.387. The summed E-state index contributed by atoms with van der Waals surface area (Å²) < 4.78 is 11.4. The van der Waals surface area contributed by atoms with E-state index in [4.69, 9.17) is 11.5 Å². The SMILES string of the molecule is CC(C)(N)CC(C(N)c1ccccn1)P(=O)([O-])O.[Na+].[Na]. The fourth-order valence-corrected chi connectivity index (χ4v) is 3.01. The van der Waals surface area contributed by atoms with E-state index in [0.29, 0.717) is 5.69 Å². The minimum absolute atomic E-state index is 0. The molecule has 6 nitrogen and oxygen atoms in total. The van der Waals surface area contributed by atoms with E-state index in [9.17, 15) is 14.4 Å². The summed E-state index contributed by atoms with van der Waals surface area (Å²) in [6, 6.07) is 4.13. The number of nitrogens with zero attached hydrogens (tertiary/aromatic N) is 1. The standard InChI is InChI=1S/C11H20N3O3P.2Na/c1-11(2,13)7-9(18(15,16)17)10(12)8-5-3-4-6-14-8;;/h3-6,9-10H,7,12-13H2,1-2H3,(H2,15,16,17);;/q;;+1/p-1. The number of hydrogen-bond acceptors (Lipinski definition) is 5. The van der Waals surface area contributed by atoms with Gasteiger partial charge in [0.1, 0.15) is 7.60 Å².